The highest BCUT2D eigenvalue weighted by Crippen LogP contribution is 2.21. The number of benzene rings is 1. The molecule has 2 rings (SSSR count). The molecule has 1 aromatic rings. The van der Waals surface area contributed by atoms with Gasteiger partial charge in [0.1, 0.15) is 0 Å². The van der Waals surface area contributed by atoms with E-state index in [1.165, 1.54) is 16.6 Å². The van der Waals surface area contributed by atoms with E-state index in [9.17, 15) is 13.2 Å². The van der Waals surface area contributed by atoms with Gasteiger partial charge >= 0.3 is 0 Å². The zero-order valence-electron chi connectivity index (χ0n) is 12.0. The van der Waals surface area contributed by atoms with Gasteiger partial charge in [-0.2, -0.15) is 4.31 Å². The third-order valence-corrected chi connectivity index (χ3v) is 5.27. The molecule has 1 amide bonds. The van der Waals surface area contributed by atoms with Crippen LogP contribution in [0.15, 0.2) is 24.3 Å². The Labute approximate surface area is 140 Å². The Hall–Kier alpha value is -1.08. The fraction of sp³-hybridized carbons (Fsp3) is 0.357. The van der Waals surface area contributed by atoms with E-state index in [2.05, 4.69) is 0 Å². The molecular formula is C14H16Cl2N2O3S. The maximum atomic E-state index is 12.1. The van der Waals surface area contributed by atoms with Crippen molar-refractivity contribution < 1.29 is 13.2 Å². The molecule has 0 spiro atoms. The molecule has 0 aromatic heterocycles. The summed E-state index contributed by atoms with van der Waals surface area (Å²) in [5.74, 6) is -0.177. The molecule has 22 heavy (non-hydrogen) atoms. The van der Waals surface area contributed by atoms with E-state index in [0.29, 0.717) is 41.8 Å². The zero-order valence-corrected chi connectivity index (χ0v) is 14.3. The minimum Gasteiger partial charge on any atom is -0.337 e. The Morgan fingerprint density at radius 3 is 2.41 bits per heavy atom. The van der Waals surface area contributed by atoms with Crippen molar-refractivity contribution in [1.82, 2.24) is 9.21 Å². The number of hydrogen-bond acceptors (Lipinski definition) is 3. The summed E-state index contributed by atoms with van der Waals surface area (Å²) in [7, 11) is -3.20. The molecule has 1 saturated heterocycles. The van der Waals surface area contributed by atoms with Crippen LogP contribution in [0.25, 0.3) is 6.08 Å². The van der Waals surface area contributed by atoms with Gasteiger partial charge in [-0.25, -0.2) is 8.42 Å². The fourth-order valence-electron chi connectivity index (χ4n) is 2.15. The topological polar surface area (TPSA) is 57.7 Å². The molecule has 1 heterocycles. The Morgan fingerprint density at radius 2 is 1.82 bits per heavy atom. The van der Waals surface area contributed by atoms with Crippen molar-refractivity contribution in [2.24, 2.45) is 0 Å². The lowest BCUT2D eigenvalue weighted by atomic mass is 10.2. The number of carbonyl (C=O) groups excluding carboxylic acids is 1. The molecule has 0 aliphatic carbocycles. The van der Waals surface area contributed by atoms with Gasteiger partial charge in [-0.05, 0) is 29.8 Å². The van der Waals surface area contributed by atoms with Gasteiger partial charge in [0.05, 0.1) is 6.26 Å². The van der Waals surface area contributed by atoms with Crippen LogP contribution in [0.1, 0.15) is 5.56 Å². The predicted molar refractivity (Wildman–Crippen MR) is 88.5 cm³/mol. The summed E-state index contributed by atoms with van der Waals surface area (Å²) in [4.78, 5) is 13.7. The van der Waals surface area contributed by atoms with Gasteiger partial charge in [-0.1, -0.05) is 23.2 Å². The number of piperazine rings is 1. The molecule has 5 nitrogen and oxygen atoms in total. The van der Waals surface area contributed by atoms with E-state index >= 15 is 0 Å². The van der Waals surface area contributed by atoms with Crippen molar-refractivity contribution in [3.05, 3.63) is 39.9 Å². The van der Waals surface area contributed by atoms with Gasteiger partial charge in [0.15, 0.2) is 0 Å². The van der Waals surface area contributed by atoms with Crippen molar-refractivity contribution in [3.8, 4) is 0 Å². The van der Waals surface area contributed by atoms with Crippen molar-refractivity contribution in [2.45, 2.75) is 0 Å². The first-order valence-electron chi connectivity index (χ1n) is 6.64. The molecule has 0 radical (unpaired) electrons. The second kappa shape index (κ2) is 7.00. The number of carbonyl (C=O) groups is 1. The summed E-state index contributed by atoms with van der Waals surface area (Å²) in [5, 5.41) is 1.05. The number of amides is 1. The lowest BCUT2D eigenvalue weighted by Gasteiger charge is -2.32. The number of halogens is 2. The third-order valence-electron chi connectivity index (χ3n) is 3.38. The molecule has 120 valence electrons. The monoisotopic (exact) mass is 362 g/mol. The fourth-order valence-corrected chi connectivity index (χ4v) is 3.34. The summed E-state index contributed by atoms with van der Waals surface area (Å²) >= 11 is 11.9. The molecule has 0 unspecified atom stereocenters. The molecule has 1 fully saturated rings. The smallest absolute Gasteiger partial charge is 0.246 e. The average molecular weight is 363 g/mol. The van der Waals surface area contributed by atoms with E-state index in [1.807, 2.05) is 0 Å². The van der Waals surface area contributed by atoms with Crippen LogP contribution < -0.4 is 0 Å². The molecule has 8 heteroatoms. The second-order valence-electron chi connectivity index (χ2n) is 4.99. The van der Waals surface area contributed by atoms with Crippen LogP contribution >= 0.6 is 23.2 Å². The predicted octanol–water partition coefficient (Wildman–Crippen LogP) is 2.11. The quantitative estimate of drug-likeness (QED) is 0.773. The first kappa shape index (κ1) is 17.3. The first-order valence-corrected chi connectivity index (χ1v) is 9.25. The SMILES string of the molecule is CS(=O)(=O)N1CCN(C(=O)/C=C/c2cc(Cl)ccc2Cl)CC1. The van der Waals surface area contributed by atoms with Crippen LogP contribution in [-0.2, 0) is 14.8 Å². The summed E-state index contributed by atoms with van der Waals surface area (Å²) in [6, 6.07) is 5.02. The minimum atomic E-state index is -3.20. The standard InChI is InChI=1S/C14H16Cl2N2O3S/c1-22(20,21)18-8-6-17(7-9-18)14(19)5-2-11-10-12(15)3-4-13(11)16/h2-5,10H,6-9H2,1H3/b5-2+. The number of nitrogens with zero attached hydrogens (tertiary/aromatic N) is 2. The maximum Gasteiger partial charge on any atom is 0.246 e. The van der Waals surface area contributed by atoms with Crippen LogP contribution in [-0.4, -0.2) is 56.0 Å². The molecule has 0 atom stereocenters. The van der Waals surface area contributed by atoms with Gasteiger partial charge in [0.25, 0.3) is 0 Å². The molecule has 0 bridgehead atoms. The van der Waals surface area contributed by atoms with Crippen LogP contribution in [0, 0.1) is 0 Å². The molecule has 0 N–H and O–H groups in total. The maximum absolute atomic E-state index is 12.1. The number of rotatable bonds is 3. The zero-order chi connectivity index (χ0) is 16.3. The van der Waals surface area contributed by atoms with Crippen molar-refractivity contribution >= 4 is 45.2 Å². The Kier molecular flexibility index (Phi) is 5.50. The van der Waals surface area contributed by atoms with Gasteiger partial charge in [-0.15, -0.1) is 0 Å². The first-order chi connectivity index (χ1) is 10.3. The van der Waals surface area contributed by atoms with E-state index in [-0.39, 0.29) is 5.91 Å². The third kappa shape index (κ3) is 4.46. The van der Waals surface area contributed by atoms with Gasteiger partial charge < -0.3 is 4.90 Å². The number of hydrogen-bond donors (Lipinski definition) is 0. The van der Waals surface area contributed by atoms with Crippen LogP contribution in [0.5, 0.6) is 0 Å². The summed E-state index contributed by atoms with van der Waals surface area (Å²) in [5.41, 5.74) is 0.664. The Bertz CT molecular complexity index is 696. The highest BCUT2D eigenvalue weighted by Gasteiger charge is 2.24. The van der Waals surface area contributed by atoms with Crippen LogP contribution in [0.2, 0.25) is 10.0 Å². The lowest BCUT2D eigenvalue weighted by Crippen LogP contribution is -2.49. The summed E-state index contributed by atoms with van der Waals surface area (Å²) in [6.07, 6.45) is 4.21. The van der Waals surface area contributed by atoms with E-state index in [0.717, 1.165) is 0 Å². The van der Waals surface area contributed by atoms with E-state index in [4.69, 9.17) is 23.2 Å². The largest absolute Gasteiger partial charge is 0.337 e. The minimum absolute atomic E-state index is 0.177. The highest BCUT2D eigenvalue weighted by molar-refractivity contribution is 7.88. The van der Waals surface area contributed by atoms with Crippen molar-refractivity contribution in [2.75, 3.05) is 32.4 Å². The van der Waals surface area contributed by atoms with Crippen molar-refractivity contribution in [1.29, 1.82) is 0 Å². The Morgan fingerprint density at radius 1 is 1.18 bits per heavy atom. The average Bonchev–Trinajstić information content (AvgIpc) is 2.47. The van der Waals surface area contributed by atoms with Gasteiger partial charge in [-0.3, -0.25) is 4.79 Å². The summed E-state index contributed by atoms with van der Waals surface area (Å²) < 4.78 is 24.2. The highest BCUT2D eigenvalue weighted by atomic mass is 35.5. The van der Waals surface area contributed by atoms with Gasteiger partial charge in [0, 0.05) is 42.3 Å². The van der Waals surface area contributed by atoms with Crippen LogP contribution in [0.3, 0.4) is 0 Å². The molecule has 1 aliphatic heterocycles. The van der Waals surface area contributed by atoms with E-state index < -0.39 is 10.0 Å². The molecule has 1 aromatic carbocycles. The second-order valence-corrected chi connectivity index (χ2v) is 7.81. The molecular weight excluding hydrogens is 347 g/mol. The normalized spacial score (nSPS) is 17.1. The molecule has 0 saturated carbocycles. The van der Waals surface area contributed by atoms with E-state index in [1.54, 1.807) is 29.2 Å². The summed E-state index contributed by atoms with van der Waals surface area (Å²) in [6.45, 7) is 1.38. The Balaban J connectivity index is 1.99. The number of sulfonamides is 1. The van der Waals surface area contributed by atoms with Gasteiger partial charge in [0.2, 0.25) is 15.9 Å². The lowest BCUT2D eigenvalue weighted by molar-refractivity contribution is -0.127. The van der Waals surface area contributed by atoms with Crippen LogP contribution in [0.4, 0.5) is 0 Å². The molecule has 1 aliphatic rings. The van der Waals surface area contributed by atoms with Crippen molar-refractivity contribution in [3.63, 3.8) is 0 Å².